The standard InChI is InChI=1S/C13H17N5O2/c1-9(2)12-8-20-13(19)18(12)7-11(16-17-14)10-5-3-4-6-15-10/h3-6,9,11-12H,7-8H2,1-2H3/t11-,12+/m0/s1. The summed E-state index contributed by atoms with van der Waals surface area (Å²) in [5.74, 6) is 0.275. The molecule has 106 valence electrons. The first-order valence-corrected chi connectivity index (χ1v) is 6.52. The lowest BCUT2D eigenvalue weighted by Crippen LogP contribution is -2.39. The molecule has 0 aliphatic carbocycles. The molecule has 0 bridgehead atoms. The van der Waals surface area contributed by atoms with E-state index in [1.54, 1.807) is 23.2 Å². The molecule has 2 rings (SSSR count). The van der Waals surface area contributed by atoms with Crippen molar-refractivity contribution < 1.29 is 9.53 Å². The summed E-state index contributed by atoms with van der Waals surface area (Å²) in [6.07, 6.45) is 1.27. The molecule has 2 heterocycles. The summed E-state index contributed by atoms with van der Waals surface area (Å²) in [6, 6.07) is 4.89. The minimum Gasteiger partial charge on any atom is -0.447 e. The first kappa shape index (κ1) is 14.1. The highest BCUT2D eigenvalue weighted by atomic mass is 16.6. The molecule has 1 fully saturated rings. The summed E-state index contributed by atoms with van der Waals surface area (Å²) in [5, 5.41) is 3.75. The third-order valence-corrected chi connectivity index (χ3v) is 3.37. The highest BCUT2D eigenvalue weighted by Gasteiger charge is 2.36. The fourth-order valence-electron chi connectivity index (χ4n) is 2.24. The Bertz CT molecular complexity index is 513. The van der Waals surface area contributed by atoms with Crippen molar-refractivity contribution in [2.24, 2.45) is 11.0 Å². The van der Waals surface area contributed by atoms with Gasteiger partial charge >= 0.3 is 6.09 Å². The number of azide groups is 1. The number of rotatable bonds is 5. The highest BCUT2D eigenvalue weighted by molar-refractivity contribution is 5.70. The summed E-state index contributed by atoms with van der Waals surface area (Å²) in [4.78, 5) is 20.5. The number of hydrogen-bond acceptors (Lipinski definition) is 4. The Morgan fingerprint density at radius 1 is 1.60 bits per heavy atom. The maximum atomic E-state index is 11.8. The molecule has 7 nitrogen and oxygen atoms in total. The van der Waals surface area contributed by atoms with Crippen molar-refractivity contribution in [3.05, 3.63) is 40.5 Å². The number of carbonyl (C=O) groups is 1. The van der Waals surface area contributed by atoms with Gasteiger partial charge in [-0.2, -0.15) is 0 Å². The summed E-state index contributed by atoms with van der Waals surface area (Å²) in [7, 11) is 0. The third kappa shape index (κ3) is 3.00. The first-order valence-electron chi connectivity index (χ1n) is 6.52. The van der Waals surface area contributed by atoms with Gasteiger partial charge in [0.2, 0.25) is 0 Å². The second-order valence-electron chi connectivity index (χ2n) is 5.02. The van der Waals surface area contributed by atoms with Crippen LogP contribution in [0.4, 0.5) is 4.79 Å². The van der Waals surface area contributed by atoms with Crippen LogP contribution in [0.2, 0.25) is 0 Å². The predicted molar refractivity (Wildman–Crippen MR) is 72.8 cm³/mol. The van der Waals surface area contributed by atoms with Crippen LogP contribution >= 0.6 is 0 Å². The molecule has 1 aromatic rings. The molecule has 0 spiro atoms. The van der Waals surface area contributed by atoms with Crippen LogP contribution in [0.15, 0.2) is 29.5 Å². The highest BCUT2D eigenvalue weighted by Crippen LogP contribution is 2.24. The number of amides is 1. The van der Waals surface area contributed by atoms with Crippen LogP contribution in [-0.4, -0.2) is 35.2 Å². The molecule has 0 saturated carbocycles. The third-order valence-electron chi connectivity index (χ3n) is 3.37. The van der Waals surface area contributed by atoms with Gasteiger partial charge in [0.25, 0.3) is 0 Å². The minimum atomic E-state index is -0.506. The predicted octanol–water partition coefficient (Wildman–Crippen LogP) is 2.91. The summed E-state index contributed by atoms with van der Waals surface area (Å²) in [6.45, 7) is 4.72. The largest absolute Gasteiger partial charge is 0.447 e. The molecule has 20 heavy (non-hydrogen) atoms. The molecular weight excluding hydrogens is 258 g/mol. The van der Waals surface area contributed by atoms with Crippen molar-refractivity contribution in [2.75, 3.05) is 13.2 Å². The van der Waals surface area contributed by atoms with Gasteiger partial charge in [-0.1, -0.05) is 25.0 Å². The lowest BCUT2D eigenvalue weighted by molar-refractivity contribution is 0.154. The lowest BCUT2D eigenvalue weighted by Gasteiger charge is -2.26. The number of cyclic esters (lactones) is 1. The van der Waals surface area contributed by atoms with Gasteiger partial charge in [0.15, 0.2) is 0 Å². The number of aromatic nitrogens is 1. The van der Waals surface area contributed by atoms with E-state index in [1.165, 1.54) is 0 Å². The zero-order valence-corrected chi connectivity index (χ0v) is 11.5. The van der Waals surface area contributed by atoms with Crippen molar-refractivity contribution in [3.63, 3.8) is 0 Å². The smallest absolute Gasteiger partial charge is 0.410 e. The van der Waals surface area contributed by atoms with E-state index in [4.69, 9.17) is 10.3 Å². The number of pyridine rings is 1. The Hall–Kier alpha value is -2.27. The quantitative estimate of drug-likeness (QED) is 0.470. The van der Waals surface area contributed by atoms with Crippen molar-refractivity contribution >= 4 is 6.09 Å². The van der Waals surface area contributed by atoms with E-state index in [2.05, 4.69) is 15.0 Å². The van der Waals surface area contributed by atoms with E-state index in [9.17, 15) is 4.79 Å². The zero-order chi connectivity index (χ0) is 14.5. The molecule has 0 unspecified atom stereocenters. The molecule has 0 N–H and O–H groups in total. The van der Waals surface area contributed by atoms with Crippen LogP contribution in [0.3, 0.4) is 0 Å². The van der Waals surface area contributed by atoms with E-state index in [-0.39, 0.29) is 24.6 Å². The number of nitrogens with zero attached hydrogens (tertiary/aromatic N) is 5. The van der Waals surface area contributed by atoms with Crippen LogP contribution < -0.4 is 0 Å². The summed E-state index contributed by atoms with van der Waals surface area (Å²) < 4.78 is 5.09. The normalized spacial score (nSPS) is 19.6. The molecule has 2 atom stereocenters. The van der Waals surface area contributed by atoms with Crippen LogP contribution in [-0.2, 0) is 4.74 Å². The van der Waals surface area contributed by atoms with Crippen LogP contribution in [0, 0.1) is 5.92 Å². The van der Waals surface area contributed by atoms with Gasteiger partial charge in [-0.3, -0.25) is 4.98 Å². The number of ether oxygens (including phenoxy) is 1. The first-order chi connectivity index (χ1) is 9.63. The van der Waals surface area contributed by atoms with Crippen LogP contribution in [0.1, 0.15) is 25.6 Å². The fourth-order valence-corrected chi connectivity index (χ4v) is 2.24. The van der Waals surface area contributed by atoms with Gasteiger partial charge in [0.1, 0.15) is 6.61 Å². The average Bonchev–Trinajstić information content (AvgIpc) is 2.81. The minimum absolute atomic E-state index is 0.00241. The molecule has 1 aliphatic heterocycles. The monoisotopic (exact) mass is 275 g/mol. The zero-order valence-electron chi connectivity index (χ0n) is 11.5. The maximum absolute atomic E-state index is 11.8. The van der Waals surface area contributed by atoms with Crippen LogP contribution in [0.5, 0.6) is 0 Å². The van der Waals surface area contributed by atoms with E-state index in [0.29, 0.717) is 12.3 Å². The fraction of sp³-hybridized carbons (Fsp3) is 0.538. The second kappa shape index (κ2) is 6.25. The summed E-state index contributed by atoms with van der Waals surface area (Å²) in [5.41, 5.74) is 9.35. The van der Waals surface area contributed by atoms with Gasteiger partial charge in [0.05, 0.1) is 17.8 Å². The van der Waals surface area contributed by atoms with Gasteiger partial charge in [0, 0.05) is 17.7 Å². The number of carbonyl (C=O) groups excluding carboxylic acids is 1. The van der Waals surface area contributed by atoms with Gasteiger partial charge in [-0.15, -0.1) is 0 Å². The van der Waals surface area contributed by atoms with E-state index >= 15 is 0 Å². The maximum Gasteiger partial charge on any atom is 0.410 e. The van der Waals surface area contributed by atoms with Crippen LogP contribution in [0.25, 0.3) is 10.4 Å². The van der Waals surface area contributed by atoms with E-state index in [1.807, 2.05) is 19.9 Å². The molecule has 1 aliphatic rings. The van der Waals surface area contributed by atoms with E-state index < -0.39 is 6.04 Å². The van der Waals surface area contributed by atoms with E-state index in [0.717, 1.165) is 0 Å². The molecular formula is C13H17N5O2. The van der Waals surface area contributed by atoms with Crippen molar-refractivity contribution in [1.82, 2.24) is 9.88 Å². The Morgan fingerprint density at radius 3 is 3.00 bits per heavy atom. The Morgan fingerprint density at radius 2 is 2.40 bits per heavy atom. The molecule has 1 saturated heterocycles. The van der Waals surface area contributed by atoms with Gasteiger partial charge in [-0.25, -0.2) is 4.79 Å². The van der Waals surface area contributed by atoms with Crippen molar-refractivity contribution in [3.8, 4) is 0 Å². The SMILES string of the molecule is CC(C)[C@H]1COC(=O)N1C[C@H](N=[N+]=[N-])c1ccccn1. The molecule has 0 radical (unpaired) electrons. The molecule has 1 amide bonds. The Kier molecular flexibility index (Phi) is 4.42. The van der Waals surface area contributed by atoms with Crippen molar-refractivity contribution in [1.29, 1.82) is 0 Å². The Labute approximate surface area is 117 Å². The van der Waals surface area contributed by atoms with Gasteiger partial charge in [-0.05, 0) is 23.6 Å². The second-order valence-corrected chi connectivity index (χ2v) is 5.02. The molecule has 1 aromatic heterocycles. The van der Waals surface area contributed by atoms with Crippen molar-refractivity contribution in [2.45, 2.75) is 25.9 Å². The Balaban J connectivity index is 2.19. The molecule has 0 aromatic carbocycles. The van der Waals surface area contributed by atoms with Gasteiger partial charge < -0.3 is 9.64 Å². The number of hydrogen-bond donors (Lipinski definition) is 0. The molecule has 7 heteroatoms. The lowest BCUT2D eigenvalue weighted by atomic mass is 10.0. The summed E-state index contributed by atoms with van der Waals surface area (Å²) >= 11 is 0. The average molecular weight is 275 g/mol. The topological polar surface area (TPSA) is 91.2 Å².